The Bertz CT molecular complexity index is 1330. The van der Waals surface area contributed by atoms with Gasteiger partial charge in [-0.25, -0.2) is 9.18 Å². The molecular weight excluding hydrogens is 443 g/mol. The van der Waals surface area contributed by atoms with Crippen LogP contribution in [0.2, 0.25) is 0 Å². The van der Waals surface area contributed by atoms with Crippen LogP contribution < -0.4 is 17.0 Å². The number of ketones is 1. The van der Waals surface area contributed by atoms with Crippen LogP contribution in [0.25, 0.3) is 11.4 Å². The minimum absolute atomic E-state index is 0.211. The standard InChI is InChI=1S/C19H19FN6O5S/c1-24-15(21)14(17(29)26(3)19(24)30)12(27)8-31-13(28)9-32-18-23-22-16(25(18)2)10-6-4-5-7-11(10)20/h4-7H,8-9,21H2,1-3H3. The van der Waals surface area contributed by atoms with Gasteiger partial charge in [-0.15, -0.1) is 10.2 Å². The number of thioether (sulfide) groups is 1. The Labute approximate surface area is 184 Å². The molecule has 0 aliphatic heterocycles. The van der Waals surface area contributed by atoms with Crippen LogP contribution in [-0.2, 0) is 30.7 Å². The van der Waals surface area contributed by atoms with Crippen molar-refractivity contribution in [2.24, 2.45) is 21.1 Å². The topological polar surface area (TPSA) is 144 Å². The molecule has 0 bridgehead atoms. The summed E-state index contributed by atoms with van der Waals surface area (Å²) in [7, 11) is 4.14. The summed E-state index contributed by atoms with van der Waals surface area (Å²) in [5.41, 5.74) is 3.98. The molecule has 0 aliphatic carbocycles. The van der Waals surface area contributed by atoms with Crippen LogP contribution in [0, 0.1) is 5.82 Å². The quantitative estimate of drug-likeness (QED) is 0.294. The molecule has 0 unspecified atom stereocenters. The number of ether oxygens (including phenoxy) is 1. The maximum Gasteiger partial charge on any atom is 0.332 e. The fourth-order valence-corrected chi connectivity index (χ4v) is 3.53. The number of nitrogens with two attached hydrogens (primary N) is 1. The number of halogens is 1. The maximum absolute atomic E-state index is 14.0. The van der Waals surface area contributed by atoms with E-state index in [4.69, 9.17) is 10.5 Å². The highest BCUT2D eigenvalue weighted by atomic mass is 32.2. The Kier molecular flexibility index (Phi) is 6.58. The first kappa shape index (κ1) is 22.9. The van der Waals surface area contributed by atoms with Gasteiger partial charge in [-0.3, -0.25) is 23.5 Å². The van der Waals surface area contributed by atoms with E-state index in [-0.39, 0.29) is 23.0 Å². The highest BCUT2D eigenvalue weighted by molar-refractivity contribution is 7.99. The number of carbonyl (C=O) groups excluding carboxylic acids is 2. The predicted molar refractivity (Wildman–Crippen MR) is 114 cm³/mol. The molecule has 2 aromatic heterocycles. The third-order valence-corrected chi connectivity index (χ3v) is 5.62. The molecule has 0 aliphatic rings. The van der Waals surface area contributed by atoms with E-state index in [0.717, 1.165) is 20.9 Å². The summed E-state index contributed by atoms with van der Waals surface area (Å²) in [6.45, 7) is -0.726. The zero-order valence-electron chi connectivity index (χ0n) is 17.4. The number of hydrogen-bond acceptors (Lipinski definition) is 9. The molecule has 11 nitrogen and oxygen atoms in total. The first-order valence-electron chi connectivity index (χ1n) is 9.14. The molecule has 0 fully saturated rings. The van der Waals surface area contributed by atoms with E-state index in [0.29, 0.717) is 5.16 Å². The summed E-state index contributed by atoms with van der Waals surface area (Å²) in [5, 5.41) is 8.22. The summed E-state index contributed by atoms with van der Waals surface area (Å²) in [5.74, 6) is -2.28. The zero-order valence-corrected chi connectivity index (χ0v) is 18.2. The molecule has 13 heteroatoms. The minimum atomic E-state index is -0.874. The summed E-state index contributed by atoms with van der Waals surface area (Å²) >= 11 is 0.982. The predicted octanol–water partition coefficient (Wildman–Crippen LogP) is 0.119. The first-order valence-corrected chi connectivity index (χ1v) is 10.1. The Morgan fingerprint density at radius 1 is 1.09 bits per heavy atom. The Morgan fingerprint density at radius 3 is 2.47 bits per heavy atom. The molecule has 3 aromatic rings. The lowest BCUT2D eigenvalue weighted by atomic mass is 10.2. The number of nitrogen functional groups attached to an aromatic ring is 1. The van der Waals surface area contributed by atoms with Crippen LogP contribution in [0.3, 0.4) is 0 Å². The van der Waals surface area contributed by atoms with Gasteiger partial charge in [-0.05, 0) is 12.1 Å². The first-order chi connectivity index (χ1) is 15.1. The van der Waals surface area contributed by atoms with Crippen molar-refractivity contribution >= 4 is 29.3 Å². The van der Waals surface area contributed by atoms with Crippen LogP contribution >= 0.6 is 11.8 Å². The molecular formula is C19H19FN6O5S. The lowest BCUT2D eigenvalue weighted by Crippen LogP contribution is -2.42. The van der Waals surface area contributed by atoms with Crippen molar-refractivity contribution in [3.05, 3.63) is 56.5 Å². The number of benzene rings is 1. The summed E-state index contributed by atoms with van der Waals surface area (Å²) < 4.78 is 22.1. The normalized spacial score (nSPS) is 10.9. The number of esters is 1. The van der Waals surface area contributed by atoms with Crippen molar-refractivity contribution in [1.29, 1.82) is 0 Å². The minimum Gasteiger partial charge on any atom is -0.457 e. The third kappa shape index (κ3) is 4.32. The van der Waals surface area contributed by atoms with Crippen LogP contribution in [0.1, 0.15) is 10.4 Å². The molecule has 32 heavy (non-hydrogen) atoms. The van der Waals surface area contributed by atoms with Gasteiger partial charge in [-0.1, -0.05) is 23.9 Å². The van der Waals surface area contributed by atoms with E-state index in [1.807, 2.05) is 0 Å². The molecule has 0 saturated carbocycles. The Balaban J connectivity index is 1.64. The number of carbonyl (C=O) groups is 2. The van der Waals surface area contributed by atoms with E-state index >= 15 is 0 Å². The monoisotopic (exact) mass is 462 g/mol. The van der Waals surface area contributed by atoms with Crippen molar-refractivity contribution in [2.75, 3.05) is 18.1 Å². The molecule has 1 aromatic carbocycles. The van der Waals surface area contributed by atoms with E-state index < -0.39 is 41.0 Å². The summed E-state index contributed by atoms with van der Waals surface area (Å²) in [6.07, 6.45) is 0. The fourth-order valence-electron chi connectivity index (χ4n) is 2.82. The van der Waals surface area contributed by atoms with E-state index in [2.05, 4.69) is 10.2 Å². The second-order valence-corrected chi connectivity index (χ2v) is 7.63. The SMILES string of the molecule is Cn1c(SCC(=O)OCC(=O)c2c(N)n(C)c(=O)n(C)c2=O)nnc1-c1ccccc1F. The van der Waals surface area contributed by atoms with Gasteiger partial charge < -0.3 is 15.0 Å². The molecule has 0 spiro atoms. The maximum atomic E-state index is 14.0. The number of nitrogens with zero attached hydrogens (tertiary/aromatic N) is 5. The Morgan fingerprint density at radius 2 is 1.78 bits per heavy atom. The summed E-state index contributed by atoms with van der Waals surface area (Å²) in [4.78, 5) is 48.5. The summed E-state index contributed by atoms with van der Waals surface area (Å²) in [6, 6.07) is 6.08. The molecule has 2 heterocycles. The van der Waals surface area contributed by atoms with Crippen LogP contribution in [-0.4, -0.2) is 48.0 Å². The lowest BCUT2D eigenvalue weighted by Gasteiger charge is -2.11. The molecule has 0 radical (unpaired) electrons. The highest BCUT2D eigenvalue weighted by Gasteiger charge is 2.22. The van der Waals surface area contributed by atoms with Gasteiger partial charge in [-0.2, -0.15) is 0 Å². The van der Waals surface area contributed by atoms with Crippen LogP contribution in [0.4, 0.5) is 10.2 Å². The van der Waals surface area contributed by atoms with Crippen molar-refractivity contribution < 1.29 is 18.7 Å². The van der Waals surface area contributed by atoms with Gasteiger partial charge >= 0.3 is 11.7 Å². The van der Waals surface area contributed by atoms with Crippen molar-refractivity contribution in [3.8, 4) is 11.4 Å². The van der Waals surface area contributed by atoms with Gasteiger partial charge in [0.1, 0.15) is 17.2 Å². The van der Waals surface area contributed by atoms with Gasteiger partial charge in [0, 0.05) is 21.1 Å². The highest BCUT2D eigenvalue weighted by Crippen LogP contribution is 2.24. The van der Waals surface area contributed by atoms with E-state index in [9.17, 15) is 23.6 Å². The zero-order chi connectivity index (χ0) is 23.6. The van der Waals surface area contributed by atoms with E-state index in [1.165, 1.54) is 24.7 Å². The number of anilines is 1. The average Bonchev–Trinajstić information content (AvgIpc) is 3.14. The van der Waals surface area contributed by atoms with Gasteiger partial charge in [0.15, 0.2) is 17.6 Å². The number of aromatic nitrogens is 5. The van der Waals surface area contributed by atoms with Crippen LogP contribution in [0.15, 0.2) is 39.0 Å². The molecule has 0 amide bonds. The average molecular weight is 462 g/mol. The Hall–Kier alpha value is -3.74. The number of Topliss-reactive ketones (excluding diaryl/α,β-unsaturated/α-hetero) is 1. The van der Waals surface area contributed by atoms with Gasteiger partial charge in [0.25, 0.3) is 5.56 Å². The van der Waals surface area contributed by atoms with Crippen molar-refractivity contribution in [2.45, 2.75) is 5.16 Å². The molecule has 168 valence electrons. The van der Waals surface area contributed by atoms with Gasteiger partial charge in [0.2, 0.25) is 5.78 Å². The fraction of sp³-hybridized carbons (Fsp3) is 0.263. The van der Waals surface area contributed by atoms with Crippen LogP contribution in [0.5, 0.6) is 0 Å². The smallest absolute Gasteiger partial charge is 0.332 e. The largest absolute Gasteiger partial charge is 0.457 e. The second-order valence-electron chi connectivity index (χ2n) is 6.68. The molecule has 3 rings (SSSR count). The third-order valence-electron chi connectivity index (χ3n) is 4.62. The van der Waals surface area contributed by atoms with Crippen molar-refractivity contribution in [3.63, 3.8) is 0 Å². The lowest BCUT2D eigenvalue weighted by molar-refractivity contribution is -0.139. The molecule has 0 atom stereocenters. The molecule has 0 saturated heterocycles. The second kappa shape index (κ2) is 9.18. The number of rotatable bonds is 7. The van der Waals surface area contributed by atoms with E-state index in [1.54, 1.807) is 25.2 Å². The molecule has 2 N–H and O–H groups in total. The van der Waals surface area contributed by atoms with Crippen molar-refractivity contribution in [1.82, 2.24) is 23.9 Å². The number of hydrogen-bond donors (Lipinski definition) is 1. The van der Waals surface area contributed by atoms with Gasteiger partial charge in [0.05, 0.1) is 11.3 Å².